The molecule has 2 aromatic rings. The topological polar surface area (TPSA) is 78.3 Å². The molecule has 1 unspecified atom stereocenters. The predicted octanol–water partition coefficient (Wildman–Crippen LogP) is 4.93. The van der Waals surface area contributed by atoms with Crippen LogP contribution in [0.25, 0.3) is 5.57 Å². The van der Waals surface area contributed by atoms with E-state index in [2.05, 4.69) is 5.10 Å². The number of hydrogen-bond donors (Lipinski definition) is 0. The molecule has 0 aliphatic heterocycles. The Morgan fingerprint density at radius 1 is 1.24 bits per heavy atom. The Labute approximate surface area is 177 Å². The summed E-state index contributed by atoms with van der Waals surface area (Å²) in [5, 5.41) is 3.89. The van der Waals surface area contributed by atoms with Gasteiger partial charge in [0.1, 0.15) is 5.56 Å². The Morgan fingerprint density at radius 3 is 2.41 bits per heavy atom. The molecule has 6 nitrogen and oxygen atoms in total. The van der Waals surface area contributed by atoms with Crippen molar-refractivity contribution < 1.29 is 17.4 Å². The van der Waals surface area contributed by atoms with Crippen LogP contribution in [0, 0.1) is 6.92 Å². The van der Waals surface area contributed by atoms with Gasteiger partial charge in [0.2, 0.25) is 5.88 Å². The van der Waals surface area contributed by atoms with Crippen LogP contribution in [-0.2, 0) is 17.2 Å². The van der Waals surface area contributed by atoms with Gasteiger partial charge in [-0.2, -0.15) is 13.5 Å². The number of rotatable bonds is 7. The summed E-state index contributed by atoms with van der Waals surface area (Å²) in [4.78, 5) is 13.3. The SMILES string of the molecule is CCC(C)S(=O)(=O)Oc1c(C(=O)c2ccc(Cl)c(C(C)=C(C)C)c2C)cnn1C. The number of aryl methyl sites for hydroxylation is 1. The van der Waals surface area contributed by atoms with E-state index >= 15 is 0 Å². The lowest BCUT2D eigenvalue weighted by Crippen LogP contribution is -2.24. The molecule has 1 heterocycles. The van der Waals surface area contributed by atoms with Crippen LogP contribution in [0.15, 0.2) is 23.9 Å². The Balaban J connectivity index is 2.59. The normalized spacial score (nSPS) is 12.6. The van der Waals surface area contributed by atoms with Crippen molar-refractivity contribution in [2.75, 3.05) is 0 Å². The van der Waals surface area contributed by atoms with Crippen LogP contribution in [0.1, 0.15) is 68.1 Å². The van der Waals surface area contributed by atoms with E-state index in [0.29, 0.717) is 17.0 Å². The molecule has 158 valence electrons. The fourth-order valence-corrected chi connectivity index (χ4v) is 4.19. The van der Waals surface area contributed by atoms with Crippen LogP contribution in [0.5, 0.6) is 5.88 Å². The molecule has 8 heteroatoms. The number of carbonyl (C=O) groups excluding carboxylic acids is 1. The second-order valence-electron chi connectivity index (χ2n) is 7.33. The van der Waals surface area contributed by atoms with E-state index in [0.717, 1.165) is 22.3 Å². The summed E-state index contributed by atoms with van der Waals surface area (Å²) in [5.41, 5.74) is 4.11. The molecule has 29 heavy (non-hydrogen) atoms. The van der Waals surface area contributed by atoms with Crippen molar-refractivity contribution in [3.8, 4) is 5.88 Å². The summed E-state index contributed by atoms with van der Waals surface area (Å²) >= 11 is 6.40. The van der Waals surface area contributed by atoms with Gasteiger partial charge in [0.15, 0.2) is 5.78 Å². The molecule has 0 spiro atoms. The van der Waals surface area contributed by atoms with Crippen molar-refractivity contribution in [3.05, 3.63) is 51.2 Å². The minimum absolute atomic E-state index is 0.0885. The Kier molecular flexibility index (Phi) is 6.96. The maximum absolute atomic E-state index is 13.3. The molecule has 0 bridgehead atoms. The molecule has 0 N–H and O–H groups in total. The lowest BCUT2D eigenvalue weighted by atomic mass is 9.92. The lowest BCUT2D eigenvalue weighted by molar-refractivity contribution is 0.103. The first-order valence-corrected chi connectivity index (χ1v) is 11.2. The Bertz CT molecular complexity index is 1080. The van der Waals surface area contributed by atoms with Gasteiger partial charge < -0.3 is 4.18 Å². The van der Waals surface area contributed by atoms with Crippen molar-refractivity contribution in [1.29, 1.82) is 0 Å². The summed E-state index contributed by atoms with van der Waals surface area (Å²) in [5.74, 6) is -0.463. The molecule has 1 aromatic carbocycles. The van der Waals surface area contributed by atoms with Gasteiger partial charge in [0.05, 0.1) is 11.4 Å². The van der Waals surface area contributed by atoms with Gasteiger partial charge in [-0.15, -0.1) is 0 Å². The van der Waals surface area contributed by atoms with E-state index in [1.807, 2.05) is 27.7 Å². The molecule has 0 radical (unpaired) electrons. The highest BCUT2D eigenvalue weighted by molar-refractivity contribution is 7.87. The van der Waals surface area contributed by atoms with Gasteiger partial charge in [0.25, 0.3) is 0 Å². The number of allylic oxidation sites excluding steroid dienone is 2. The molecule has 2 rings (SSSR count). The van der Waals surface area contributed by atoms with Gasteiger partial charge in [-0.3, -0.25) is 4.79 Å². The third-order valence-electron chi connectivity index (χ3n) is 5.18. The molecular weight excluding hydrogens is 412 g/mol. The first-order valence-electron chi connectivity index (χ1n) is 9.35. The van der Waals surface area contributed by atoms with Crippen molar-refractivity contribution in [2.24, 2.45) is 7.05 Å². The predicted molar refractivity (Wildman–Crippen MR) is 116 cm³/mol. The van der Waals surface area contributed by atoms with E-state index in [-0.39, 0.29) is 17.2 Å². The first-order chi connectivity index (χ1) is 13.4. The zero-order chi connectivity index (χ0) is 22.1. The maximum Gasteiger partial charge on any atom is 0.313 e. The molecule has 0 saturated heterocycles. The van der Waals surface area contributed by atoms with E-state index in [9.17, 15) is 13.2 Å². The van der Waals surface area contributed by atoms with Crippen LogP contribution >= 0.6 is 11.6 Å². The number of benzene rings is 1. The zero-order valence-electron chi connectivity index (χ0n) is 17.8. The summed E-state index contributed by atoms with van der Waals surface area (Å²) in [6, 6.07) is 3.32. The highest BCUT2D eigenvalue weighted by Crippen LogP contribution is 2.33. The van der Waals surface area contributed by atoms with Crippen molar-refractivity contribution in [2.45, 2.75) is 53.2 Å². The highest BCUT2D eigenvalue weighted by atomic mass is 35.5. The standard InChI is InChI=1S/C21H27ClN2O4S/c1-8-13(4)29(26,27)28-21-17(11-23-24(21)7)20(25)16-9-10-18(22)19(15(16)6)14(5)12(2)3/h9-11,13H,8H2,1-7H3. The Morgan fingerprint density at radius 2 is 1.86 bits per heavy atom. The van der Waals surface area contributed by atoms with Crippen LogP contribution in [0.2, 0.25) is 5.02 Å². The molecule has 1 atom stereocenters. The van der Waals surface area contributed by atoms with Crippen LogP contribution in [0.4, 0.5) is 0 Å². The first kappa shape index (κ1) is 23.2. The fourth-order valence-electron chi connectivity index (χ4n) is 2.86. The minimum Gasteiger partial charge on any atom is -0.361 e. The molecular formula is C21H27ClN2O4S. The average Bonchev–Trinajstić information content (AvgIpc) is 3.00. The molecule has 0 aliphatic carbocycles. The van der Waals surface area contributed by atoms with Crippen molar-refractivity contribution >= 4 is 33.1 Å². The van der Waals surface area contributed by atoms with E-state index in [1.54, 1.807) is 26.0 Å². The Hall–Kier alpha value is -2.12. The van der Waals surface area contributed by atoms with E-state index in [1.165, 1.54) is 17.9 Å². The molecule has 0 aliphatic rings. The highest BCUT2D eigenvalue weighted by Gasteiger charge is 2.28. The van der Waals surface area contributed by atoms with E-state index in [4.69, 9.17) is 15.8 Å². The number of carbonyl (C=O) groups is 1. The smallest absolute Gasteiger partial charge is 0.313 e. The summed E-state index contributed by atoms with van der Waals surface area (Å²) < 4.78 is 31.4. The molecule has 0 amide bonds. The second kappa shape index (κ2) is 8.71. The quantitative estimate of drug-likeness (QED) is 0.452. The van der Waals surface area contributed by atoms with Crippen LogP contribution in [-0.4, -0.2) is 29.2 Å². The van der Waals surface area contributed by atoms with Gasteiger partial charge in [-0.05, 0) is 69.9 Å². The van der Waals surface area contributed by atoms with Crippen LogP contribution < -0.4 is 4.18 Å². The average molecular weight is 439 g/mol. The largest absolute Gasteiger partial charge is 0.361 e. The fraction of sp³-hybridized carbons (Fsp3) is 0.429. The summed E-state index contributed by atoms with van der Waals surface area (Å²) in [7, 11) is -2.35. The van der Waals surface area contributed by atoms with Crippen LogP contribution in [0.3, 0.4) is 0 Å². The third kappa shape index (κ3) is 4.56. The zero-order valence-corrected chi connectivity index (χ0v) is 19.4. The second-order valence-corrected chi connectivity index (χ2v) is 9.70. The van der Waals surface area contributed by atoms with Gasteiger partial charge >= 0.3 is 10.1 Å². The number of nitrogens with zero attached hydrogens (tertiary/aromatic N) is 2. The number of hydrogen-bond acceptors (Lipinski definition) is 5. The number of halogens is 1. The summed E-state index contributed by atoms with van der Waals surface area (Å²) in [6.45, 7) is 11.1. The third-order valence-corrected chi connectivity index (χ3v) is 7.20. The van der Waals surface area contributed by atoms with Crippen molar-refractivity contribution in [3.63, 3.8) is 0 Å². The molecule has 1 aromatic heterocycles. The van der Waals surface area contributed by atoms with Gasteiger partial charge in [0, 0.05) is 17.6 Å². The maximum atomic E-state index is 13.3. The minimum atomic E-state index is -3.89. The van der Waals surface area contributed by atoms with Gasteiger partial charge in [-0.1, -0.05) is 24.1 Å². The summed E-state index contributed by atoms with van der Waals surface area (Å²) in [6.07, 6.45) is 1.72. The van der Waals surface area contributed by atoms with Gasteiger partial charge in [-0.25, -0.2) is 4.68 Å². The van der Waals surface area contributed by atoms with Crippen molar-refractivity contribution in [1.82, 2.24) is 9.78 Å². The molecule has 0 saturated carbocycles. The number of aromatic nitrogens is 2. The monoisotopic (exact) mass is 438 g/mol. The van der Waals surface area contributed by atoms with E-state index < -0.39 is 15.4 Å². The lowest BCUT2D eigenvalue weighted by Gasteiger charge is -2.16. The number of ketones is 1. The molecule has 0 fully saturated rings.